The summed E-state index contributed by atoms with van der Waals surface area (Å²) in [6.07, 6.45) is 7.14. The second-order valence-electron chi connectivity index (χ2n) is 9.35. The third-order valence-corrected chi connectivity index (χ3v) is 7.09. The molecule has 0 N–H and O–H groups in total. The number of carbonyl (C=O) groups is 2. The maximum Gasteiger partial charge on any atom is 0.227 e. The standard InChI is InChI=1S/C25H36N4O3/c1-5-6-19(21-14-25(31)27(4)15-17(21)2)13-23-22-16-28(18(3)30)10-7-24(22)29(26-23)20-8-11-32-12-9-20/h6,20H,5,7-16H2,1-4H3/b19-6-. The second-order valence-corrected chi connectivity index (χ2v) is 9.35. The van der Waals surface area contributed by atoms with Gasteiger partial charge < -0.3 is 14.5 Å². The molecule has 0 aliphatic carbocycles. The molecule has 1 aromatic rings. The van der Waals surface area contributed by atoms with Crippen molar-refractivity contribution in [3.8, 4) is 0 Å². The van der Waals surface area contributed by atoms with E-state index in [0.29, 0.717) is 32.0 Å². The zero-order valence-corrected chi connectivity index (χ0v) is 19.9. The molecule has 0 atom stereocenters. The lowest BCUT2D eigenvalue weighted by molar-refractivity contribution is -0.130. The molecule has 2 amide bonds. The zero-order chi connectivity index (χ0) is 22.8. The van der Waals surface area contributed by atoms with E-state index < -0.39 is 0 Å². The molecule has 3 aliphatic heterocycles. The lowest BCUT2D eigenvalue weighted by Crippen LogP contribution is -2.35. The fraction of sp³-hybridized carbons (Fsp3) is 0.640. The van der Waals surface area contributed by atoms with Gasteiger partial charge in [0.25, 0.3) is 0 Å². The topological polar surface area (TPSA) is 67.7 Å². The Morgan fingerprint density at radius 2 is 2.00 bits per heavy atom. The van der Waals surface area contributed by atoms with Crippen molar-refractivity contribution in [1.82, 2.24) is 19.6 Å². The molecular weight excluding hydrogens is 404 g/mol. The number of fused-ring (bicyclic) bond motifs is 1. The van der Waals surface area contributed by atoms with Gasteiger partial charge in [-0.15, -0.1) is 0 Å². The van der Waals surface area contributed by atoms with Gasteiger partial charge in [0.1, 0.15) is 0 Å². The fourth-order valence-corrected chi connectivity index (χ4v) is 5.25. The smallest absolute Gasteiger partial charge is 0.227 e. The third-order valence-electron chi connectivity index (χ3n) is 7.09. The van der Waals surface area contributed by atoms with Crippen LogP contribution >= 0.6 is 0 Å². The Bertz CT molecular complexity index is 953. The van der Waals surface area contributed by atoms with Gasteiger partial charge in [-0.3, -0.25) is 14.3 Å². The number of nitrogens with zero attached hydrogens (tertiary/aromatic N) is 4. The molecule has 1 fully saturated rings. The summed E-state index contributed by atoms with van der Waals surface area (Å²) in [5.41, 5.74) is 7.19. The molecular formula is C25H36N4O3. The number of aromatic nitrogens is 2. The summed E-state index contributed by atoms with van der Waals surface area (Å²) in [7, 11) is 1.87. The Kier molecular flexibility index (Phi) is 6.84. The van der Waals surface area contributed by atoms with Gasteiger partial charge in [0.2, 0.25) is 11.8 Å². The van der Waals surface area contributed by atoms with Gasteiger partial charge in [-0.05, 0) is 42.9 Å². The molecule has 7 heteroatoms. The van der Waals surface area contributed by atoms with Gasteiger partial charge >= 0.3 is 0 Å². The van der Waals surface area contributed by atoms with Crippen molar-refractivity contribution < 1.29 is 14.3 Å². The van der Waals surface area contributed by atoms with E-state index in [2.05, 4.69) is 24.6 Å². The lowest BCUT2D eigenvalue weighted by Gasteiger charge is -2.29. The maximum atomic E-state index is 12.5. The molecule has 3 aliphatic rings. The van der Waals surface area contributed by atoms with Crippen LogP contribution in [-0.4, -0.2) is 64.7 Å². The molecule has 0 saturated carbocycles. The van der Waals surface area contributed by atoms with Crippen LogP contribution in [0.4, 0.5) is 0 Å². The first-order chi connectivity index (χ1) is 15.4. The Morgan fingerprint density at radius 3 is 2.69 bits per heavy atom. The Labute approximate surface area is 191 Å². The van der Waals surface area contributed by atoms with E-state index in [9.17, 15) is 9.59 Å². The first kappa shape index (κ1) is 22.8. The Morgan fingerprint density at radius 1 is 1.25 bits per heavy atom. The van der Waals surface area contributed by atoms with Gasteiger partial charge in [0.15, 0.2) is 0 Å². The number of carbonyl (C=O) groups excluding carboxylic acids is 2. The number of allylic oxidation sites excluding steroid dienone is 2. The van der Waals surface area contributed by atoms with Crippen LogP contribution in [0.25, 0.3) is 0 Å². The quantitative estimate of drug-likeness (QED) is 0.705. The Balaban J connectivity index is 1.71. The van der Waals surface area contributed by atoms with Gasteiger partial charge in [0, 0.05) is 70.9 Å². The number of rotatable bonds is 5. The number of likely N-dealkylation sites (N-methyl/N-ethyl adjacent to an activating group) is 1. The minimum Gasteiger partial charge on any atom is -0.381 e. The maximum absolute atomic E-state index is 12.5. The van der Waals surface area contributed by atoms with Crippen molar-refractivity contribution in [3.05, 3.63) is 39.7 Å². The minimum atomic E-state index is 0.115. The summed E-state index contributed by atoms with van der Waals surface area (Å²) in [4.78, 5) is 28.3. The van der Waals surface area contributed by atoms with E-state index >= 15 is 0 Å². The average Bonchev–Trinajstić information content (AvgIpc) is 3.14. The molecule has 1 saturated heterocycles. The van der Waals surface area contributed by atoms with Crippen LogP contribution in [0, 0.1) is 0 Å². The van der Waals surface area contributed by atoms with Crippen molar-refractivity contribution in [1.29, 1.82) is 0 Å². The second kappa shape index (κ2) is 9.61. The molecule has 32 heavy (non-hydrogen) atoms. The van der Waals surface area contributed by atoms with E-state index in [1.54, 1.807) is 11.8 Å². The van der Waals surface area contributed by atoms with Crippen LogP contribution in [-0.2, 0) is 33.7 Å². The van der Waals surface area contributed by atoms with E-state index in [1.807, 2.05) is 11.9 Å². The van der Waals surface area contributed by atoms with Gasteiger partial charge in [-0.25, -0.2) is 0 Å². The average molecular weight is 441 g/mol. The minimum absolute atomic E-state index is 0.115. The van der Waals surface area contributed by atoms with Crippen molar-refractivity contribution in [2.75, 3.05) is 33.4 Å². The Hall–Kier alpha value is -2.41. The molecule has 0 radical (unpaired) electrons. The third kappa shape index (κ3) is 4.53. The lowest BCUT2D eigenvalue weighted by atomic mass is 9.89. The van der Waals surface area contributed by atoms with Crippen LogP contribution in [0.2, 0.25) is 0 Å². The van der Waals surface area contributed by atoms with Crippen molar-refractivity contribution in [2.45, 2.75) is 71.9 Å². The van der Waals surface area contributed by atoms with E-state index in [1.165, 1.54) is 28.0 Å². The molecule has 1 aromatic heterocycles. The van der Waals surface area contributed by atoms with E-state index in [-0.39, 0.29) is 11.8 Å². The van der Waals surface area contributed by atoms with Crippen LogP contribution in [0.5, 0.6) is 0 Å². The first-order valence-corrected chi connectivity index (χ1v) is 11.9. The predicted molar refractivity (Wildman–Crippen MR) is 123 cm³/mol. The highest BCUT2D eigenvalue weighted by molar-refractivity contribution is 5.82. The molecule has 0 aromatic carbocycles. The van der Waals surface area contributed by atoms with E-state index in [4.69, 9.17) is 9.84 Å². The highest BCUT2D eigenvalue weighted by atomic mass is 16.5. The zero-order valence-electron chi connectivity index (χ0n) is 19.9. The molecule has 4 rings (SSSR count). The van der Waals surface area contributed by atoms with Crippen LogP contribution in [0.1, 0.15) is 69.4 Å². The highest BCUT2D eigenvalue weighted by Crippen LogP contribution is 2.33. The van der Waals surface area contributed by atoms with E-state index in [0.717, 1.165) is 51.1 Å². The molecule has 0 unspecified atom stereocenters. The predicted octanol–water partition coefficient (Wildman–Crippen LogP) is 3.20. The largest absolute Gasteiger partial charge is 0.381 e. The van der Waals surface area contributed by atoms with Gasteiger partial charge in [-0.1, -0.05) is 13.0 Å². The monoisotopic (exact) mass is 440 g/mol. The number of hydrogen-bond acceptors (Lipinski definition) is 4. The summed E-state index contributed by atoms with van der Waals surface area (Å²) in [5.74, 6) is 0.286. The van der Waals surface area contributed by atoms with Gasteiger partial charge in [0.05, 0.1) is 18.2 Å². The molecule has 0 spiro atoms. The number of hydrogen-bond donors (Lipinski definition) is 0. The van der Waals surface area contributed by atoms with Gasteiger partial charge in [-0.2, -0.15) is 5.10 Å². The SMILES string of the molecule is CC/C=C(/Cc1nn(C2CCOCC2)c2c1CN(C(C)=O)CC2)C1=C(C)CN(C)C(=O)C1. The number of ether oxygens (including phenoxy) is 1. The highest BCUT2D eigenvalue weighted by Gasteiger charge is 2.31. The number of amides is 2. The van der Waals surface area contributed by atoms with Crippen molar-refractivity contribution in [2.24, 2.45) is 0 Å². The van der Waals surface area contributed by atoms with Crippen LogP contribution in [0.3, 0.4) is 0 Å². The molecule has 4 heterocycles. The first-order valence-electron chi connectivity index (χ1n) is 11.9. The van der Waals surface area contributed by atoms with Crippen molar-refractivity contribution in [3.63, 3.8) is 0 Å². The molecule has 174 valence electrons. The fourth-order valence-electron chi connectivity index (χ4n) is 5.25. The summed E-state index contributed by atoms with van der Waals surface area (Å²) < 4.78 is 7.83. The molecule has 0 bridgehead atoms. The van der Waals surface area contributed by atoms with Crippen LogP contribution in [0.15, 0.2) is 22.8 Å². The summed E-state index contributed by atoms with van der Waals surface area (Å²) in [5, 5.41) is 5.15. The van der Waals surface area contributed by atoms with Crippen LogP contribution < -0.4 is 0 Å². The summed E-state index contributed by atoms with van der Waals surface area (Å²) in [6.45, 7) is 9.53. The molecule has 7 nitrogen and oxygen atoms in total. The van der Waals surface area contributed by atoms with Crippen molar-refractivity contribution >= 4 is 11.8 Å². The summed E-state index contributed by atoms with van der Waals surface area (Å²) in [6, 6.07) is 0.361. The summed E-state index contributed by atoms with van der Waals surface area (Å²) >= 11 is 0. The normalized spacial score (nSPS) is 20.8.